The summed E-state index contributed by atoms with van der Waals surface area (Å²) >= 11 is 0. The number of rotatable bonds is 6. The van der Waals surface area contributed by atoms with Crippen LogP contribution in [-0.2, 0) is 14.9 Å². The van der Waals surface area contributed by atoms with Crippen LogP contribution in [0.1, 0.15) is 40.2 Å². The van der Waals surface area contributed by atoms with Crippen LogP contribution in [0.5, 0.6) is 0 Å². The van der Waals surface area contributed by atoms with Gasteiger partial charge in [-0.05, 0) is 38.5 Å². The van der Waals surface area contributed by atoms with Crippen LogP contribution >= 0.6 is 0 Å². The summed E-state index contributed by atoms with van der Waals surface area (Å²) in [5.74, 6) is -0.222. The summed E-state index contributed by atoms with van der Waals surface area (Å²) in [7, 11) is 0. The van der Waals surface area contributed by atoms with Crippen molar-refractivity contribution in [2.24, 2.45) is 0 Å². The first-order valence-corrected chi connectivity index (χ1v) is 6.62. The van der Waals surface area contributed by atoms with E-state index < -0.39 is 5.54 Å². The second-order valence-corrected chi connectivity index (χ2v) is 5.82. The van der Waals surface area contributed by atoms with Crippen LogP contribution in [0.4, 0.5) is 0 Å². The number of esters is 1. The van der Waals surface area contributed by atoms with E-state index in [0.29, 0.717) is 13.2 Å². The normalized spacial score (nSPS) is 12.3. The minimum atomic E-state index is -0.680. The Bertz CT molecular complexity index is 413. The predicted molar refractivity (Wildman–Crippen MR) is 76.0 cm³/mol. The number of pyridine rings is 1. The number of nitrogens with zero attached hydrogens (tertiary/aromatic N) is 1. The number of hydrogen-bond donors (Lipinski definition) is 1. The van der Waals surface area contributed by atoms with Crippen LogP contribution in [-0.4, -0.2) is 29.6 Å². The molecule has 1 N–H and O–H groups in total. The lowest BCUT2D eigenvalue weighted by molar-refractivity contribution is -0.149. The standard InChI is InChI=1S/C15H24N2O2/c1-6-19-13(18)15(4,5)17-11-14(2,3)12-7-9-16-10-8-12/h7-10,17H,6,11H2,1-5H3. The fourth-order valence-corrected chi connectivity index (χ4v) is 1.73. The highest BCUT2D eigenvalue weighted by molar-refractivity contribution is 5.79. The fraction of sp³-hybridized carbons (Fsp3) is 0.600. The Morgan fingerprint density at radius 2 is 1.84 bits per heavy atom. The van der Waals surface area contributed by atoms with E-state index in [-0.39, 0.29) is 11.4 Å². The van der Waals surface area contributed by atoms with E-state index in [2.05, 4.69) is 24.1 Å². The predicted octanol–water partition coefficient (Wildman–Crippen LogP) is 2.29. The summed E-state index contributed by atoms with van der Waals surface area (Å²) < 4.78 is 5.07. The van der Waals surface area contributed by atoms with E-state index in [9.17, 15) is 4.79 Å². The van der Waals surface area contributed by atoms with E-state index in [1.165, 1.54) is 5.56 Å². The van der Waals surface area contributed by atoms with Gasteiger partial charge in [0.1, 0.15) is 5.54 Å². The number of carbonyl (C=O) groups is 1. The molecule has 1 heterocycles. The van der Waals surface area contributed by atoms with Crippen LogP contribution in [0.15, 0.2) is 24.5 Å². The summed E-state index contributed by atoms with van der Waals surface area (Å²) in [5, 5.41) is 3.29. The van der Waals surface area contributed by atoms with Gasteiger partial charge in [-0.1, -0.05) is 13.8 Å². The SMILES string of the molecule is CCOC(=O)C(C)(C)NCC(C)(C)c1ccncc1. The molecule has 0 saturated carbocycles. The van der Waals surface area contributed by atoms with Crippen molar-refractivity contribution in [2.75, 3.05) is 13.2 Å². The molecule has 19 heavy (non-hydrogen) atoms. The smallest absolute Gasteiger partial charge is 0.325 e. The first kappa shape index (κ1) is 15.6. The lowest BCUT2D eigenvalue weighted by Gasteiger charge is -2.31. The molecule has 1 aromatic rings. The van der Waals surface area contributed by atoms with Gasteiger partial charge in [-0.25, -0.2) is 0 Å². The lowest BCUT2D eigenvalue weighted by Crippen LogP contribution is -2.51. The van der Waals surface area contributed by atoms with Gasteiger partial charge in [-0.3, -0.25) is 9.78 Å². The molecule has 0 aliphatic heterocycles. The molecular formula is C15H24N2O2. The molecule has 4 heteroatoms. The molecule has 0 saturated heterocycles. The molecule has 1 rings (SSSR count). The molecular weight excluding hydrogens is 240 g/mol. The van der Waals surface area contributed by atoms with Gasteiger partial charge in [-0.15, -0.1) is 0 Å². The highest BCUT2D eigenvalue weighted by Crippen LogP contribution is 2.22. The third-order valence-corrected chi connectivity index (χ3v) is 3.22. The Hall–Kier alpha value is -1.42. The summed E-state index contributed by atoms with van der Waals surface area (Å²) in [4.78, 5) is 15.8. The zero-order chi connectivity index (χ0) is 14.5. The van der Waals surface area contributed by atoms with Crippen LogP contribution in [0.2, 0.25) is 0 Å². The van der Waals surface area contributed by atoms with Crippen LogP contribution in [0.3, 0.4) is 0 Å². The molecule has 0 radical (unpaired) electrons. The molecule has 0 aliphatic carbocycles. The zero-order valence-electron chi connectivity index (χ0n) is 12.5. The molecule has 4 nitrogen and oxygen atoms in total. The molecule has 0 spiro atoms. The first-order chi connectivity index (χ1) is 8.79. The monoisotopic (exact) mass is 264 g/mol. The second kappa shape index (κ2) is 6.15. The Morgan fingerprint density at radius 3 is 2.37 bits per heavy atom. The Balaban J connectivity index is 2.67. The minimum Gasteiger partial charge on any atom is -0.465 e. The van der Waals surface area contributed by atoms with Gasteiger partial charge in [0.15, 0.2) is 0 Å². The van der Waals surface area contributed by atoms with Crippen molar-refractivity contribution >= 4 is 5.97 Å². The third-order valence-electron chi connectivity index (χ3n) is 3.22. The van der Waals surface area contributed by atoms with Crippen molar-refractivity contribution in [3.05, 3.63) is 30.1 Å². The van der Waals surface area contributed by atoms with Crippen LogP contribution in [0.25, 0.3) is 0 Å². The number of nitrogens with one attached hydrogen (secondary N) is 1. The van der Waals surface area contributed by atoms with E-state index in [1.54, 1.807) is 12.4 Å². The zero-order valence-corrected chi connectivity index (χ0v) is 12.5. The molecule has 0 fully saturated rings. The number of aromatic nitrogens is 1. The fourth-order valence-electron chi connectivity index (χ4n) is 1.73. The van der Waals surface area contributed by atoms with E-state index in [0.717, 1.165) is 0 Å². The lowest BCUT2D eigenvalue weighted by atomic mass is 9.84. The van der Waals surface area contributed by atoms with Crippen molar-refractivity contribution in [3.63, 3.8) is 0 Å². The van der Waals surface area contributed by atoms with Crippen LogP contribution in [0, 0.1) is 0 Å². The molecule has 0 bridgehead atoms. The van der Waals surface area contributed by atoms with Crippen molar-refractivity contribution in [2.45, 2.75) is 45.6 Å². The maximum atomic E-state index is 11.8. The van der Waals surface area contributed by atoms with Crippen molar-refractivity contribution in [3.8, 4) is 0 Å². The van der Waals surface area contributed by atoms with Crippen molar-refractivity contribution in [1.82, 2.24) is 10.3 Å². The minimum absolute atomic E-state index is 0.0767. The molecule has 106 valence electrons. The summed E-state index contributed by atoms with van der Waals surface area (Å²) in [6.07, 6.45) is 3.57. The highest BCUT2D eigenvalue weighted by Gasteiger charge is 2.31. The topological polar surface area (TPSA) is 51.2 Å². The second-order valence-electron chi connectivity index (χ2n) is 5.82. The van der Waals surface area contributed by atoms with Gasteiger partial charge >= 0.3 is 5.97 Å². The van der Waals surface area contributed by atoms with Gasteiger partial charge in [-0.2, -0.15) is 0 Å². The van der Waals surface area contributed by atoms with Crippen molar-refractivity contribution in [1.29, 1.82) is 0 Å². The van der Waals surface area contributed by atoms with Gasteiger partial charge in [0, 0.05) is 24.4 Å². The van der Waals surface area contributed by atoms with E-state index in [4.69, 9.17) is 4.74 Å². The number of carbonyl (C=O) groups excluding carboxylic acids is 1. The van der Waals surface area contributed by atoms with E-state index >= 15 is 0 Å². The van der Waals surface area contributed by atoms with Gasteiger partial charge in [0.05, 0.1) is 6.61 Å². The molecule has 0 unspecified atom stereocenters. The Morgan fingerprint density at radius 1 is 1.26 bits per heavy atom. The average molecular weight is 264 g/mol. The maximum Gasteiger partial charge on any atom is 0.325 e. The van der Waals surface area contributed by atoms with Gasteiger partial charge in [0.2, 0.25) is 0 Å². The van der Waals surface area contributed by atoms with Crippen molar-refractivity contribution < 1.29 is 9.53 Å². The first-order valence-electron chi connectivity index (χ1n) is 6.62. The summed E-state index contributed by atoms with van der Waals surface area (Å²) in [6, 6.07) is 4.00. The molecule has 0 amide bonds. The molecule has 1 aromatic heterocycles. The third kappa shape index (κ3) is 4.31. The molecule has 0 atom stereocenters. The Labute approximate surface area is 115 Å². The van der Waals surface area contributed by atoms with E-state index in [1.807, 2.05) is 32.9 Å². The number of hydrogen-bond acceptors (Lipinski definition) is 4. The average Bonchev–Trinajstić information content (AvgIpc) is 2.38. The Kier molecular flexibility index (Phi) is 5.06. The summed E-state index contributed by atoms with van der Waals surface area (Å²) in [6.45, 7) is 10.9. The van der Waals surface area contributed by atoms with Crippen LogP contribution < -0.4 is 5.32 Å². The molecule has 0 aromatic carbocycles. The largest absolute Gasteiger partial charge is 0.465 e. The van der Waals surface area contributed by atoms with Gasteiger partial charge < -0.3 is 10.1 Å². The number of ether oxygens (including phenoxy) is 1. The molecule has 0 aliphatic rings. The summed E-state index contributed by atoms with van der Waals surface area (Å²) in [5.41, 5.74) is 0.433. The quantitative estimate of drug-likeness (QED) is 0.801. The maximum absolute atomic E-state index is 11.8. The highest BCUT2D eigenvalue weighted by atomic mass is 16.5. The van der Waals surface area contributed by atoms with Gasteiger partial charge in [0.25, 0.3) is 0 Å².